The predicted molar refractivity (Wildman–Crippen MR) is 81.8 cm³/mol. The van der Waals surface area contributed by atoms with Gasteiger partial charge in [-0.05, 0) is 67.6 Å². The first-order chi connectivity index (χ1) is 8.60. The van der Waals surface area contributed by atoms with E-state index in [4.69, 9.17) is 5.73 Å². The van der Waals surface area contributed by atoms with Gasteiger partial charge in [0.15, 0.2) is 0 Å². The molecular weight excluding hydrogens is 240 g/mol. The molecule has 0 aliphatic carbocycles. The number of benzene rings is 2. The molecule has 0 aromatic heterocycles. The Bertz CT molecular complexity index is 547. The lowest BCUT2D eigenvalue weighted by Crippen LogP contribution is -1.98. The molecule has 3 N–H and O–H groups in total. The Morgan fingerprint density at radius 1 is 1.00 bits per heavy atom. The summed E-state index contributed by atoms with van der Waals surface area (Å²) in [6.45, 7) is 4.17. The molecule has 18 heavy (non-hydrogen) atoms. The molecule has 0 saturated carbocycles. The second-order valence-electron chi connectivity index (χ2n) is 4.38. The molecule has 2 aromatic rings. The highest BCUT2D eigenvalue weighted by Gasteiger charge is 2.03. The zero-order valence-corrected chi connectivity index (χ0v) is 11.8. The van der Waals surface area contributed by atoms with Crippen molar-refractivity contribution in [1.82, 2.24) is 0 Å². The molecule has 0 bridgehead atoms. The van der Waals surface area contributed by atoms with Crippen LogP contribution in [0.15, 0.2) is 41.3 Å². The highest BCUT2D eigenvalue weighted by molar-refractivity contribution is 7.98. The van der Waals surface area contributed by atoms with Crippen molar-refractivity contribution in [1.29, 1.82) is 0 Å². The second-order valence-corrected chi connectivity index (χ2v) is 5.26. The molecule has 0 fully saturated rings. The first kappa shape index (κ1) is 12.8. The molecule has 0 saturated heterocycles. The van der Waals surface area contributed by atoms with Crippen molar-refractivity contribution >= 4 is 28.8 Å². The van der Waals surface area contributed by atoms with E-state index in [0.717, 1.165) is 17.1 Å². The van der Waals surface area contributed by atoms with E-state index < -0.39 is 0 Å². The minimum atomic E-state index is 0.784. The smallest absolute Gasteiger partial charge is 0.0620 e. The van der Waals surface area contributed by atoms with Crippen LogP contribution in [0, 0.1) is 13.8 Å². The van der Waals surface area contributed by atoms with Gasteiger partial charge < -0.3 is 11.1 Å². The minimum absolute atomic E-state index is 0.784. The number of nitrogens with two attached hydrogens (primary N) is 1. The molecule has 2 nitrogen and oxygen atoms in total. The van der Waals surface area contributed by atoms with Crippen LogP contribution in [0.5, 0.6) is 0 Å². The van der Waals surface area contributed by atoms with Gasteiger partial charge in [-0.3, -0.25) is 0 Å². The topological polar surface area (TPSA) is 38.0 Å². The van der Waals surface area contributed by atoms with Gasteiger partial charge in [-0.1, -0.05) is 0 Å². The molecule has 0 heterocycles. The molecular formula is C15H18N2S. The Hall–Kier alpha value is -1.61. The van der Waals surface area contributed by atoms with Crippen LogP contribution in [0.2, 0.25) is 0 Å². The molecule has 3 heteroatoms. The lowest BCUT2D eigenvalue weighted by Gasteiger charge is -2.12. The number of hydrogen-bond donors (Lipinski definition) is 2. The zero-order valence-electron chi connectivity index (χ0n) is 10.9. The van der Waals surface area contributed by atoms with Crippen molar-refractivity contribution in [2.24, 2.45) is 0 Å². The number of nitrogens with one attached hydrogen (secondary N) is 1. The van der Waals surface area contributed by atoms with E-state index in [1.165, 1.54) is 16.0 Å². The van der Waals surface area contributed by atoms with E-state index >= 15 is 0 Å². The van der Waals surface area contributed by atoms with Crippen LogP contribution in [-0.4, -0.2) is 6.26 Å². The van der Waals surface area contributed by atoms with Crippen LogP contribution in [0.4, 0.5) is 17.1 Å². The molecule has 0 radical (unpaired) electrons. The number of hydrogen-bond acceptors (Lipinski definition) is 3. The lowest BCUT2D eigenvalue weighted by molar-refractivity contribution is 1.34. The van der Waals surface area contributed by atoms with Gasteiger partial charge in [0.1, 0.15) is 0 Å². The highest BCUT2D eigenvalue weighted by atomic mass is 32.2. The maximum atomic E-state index is 6.03. The molecule has 2 rings (SSSR count). The van der Waals surface area contributed by atoms with Gasteiger partial charge in [-0.15, -0.1) is 11.8 Å². The highest BCUT2D eigenvalue weighted by Crippen LogP contribution is 2.27. The lowest BCUT2D eigenvalue weighted by atomic mass is 10.1. The largest absolute Gasteiger partial charge is 0.397 e. The van der Waals surface area contributed by atoms with E-state index in [2.05, 4.69) is 55.8 Å². The molecule has 94 valence electrons. The van der Waals surface area contributed by atoms with E-state index in [0.29, 0.717) is 0 Å². The SMILES string of the molecule is CSc1ccc(Nc2cc(C)c(C)cc2N)cc1. The Morgan fingerprint density at radius 3 is 2.22 bits per heavy atom. The summed E-state index contributed by atoms with van der Waals surface area (Å²) in [4.78, 5) is 1.26. The summed E-state index contributed by atoms with van der Waals surface area (Å²) in [6.07, 6.45) is 2.07. The first-order valence-electron chi connectivity index (χ1n) is 5.88. The molecule has 0 spiro atoms. The molecule has 0 aliphatic heterocycles. The Morgan fingerprint density at radius 2 is 1.61 bits per heavy atom. The van der Waals surface area contributed by atoms with Crippen molar-refractivity contribution in [3.8, 4) is 0 Å². The Labute approximate surface area is 113 Å². The summed E-state index contributed by atoms with van der Waals surface area (Å²) >= 11 is 1.74. The minimum Gasteiger partial charge on any atom is -0.397 e. The number of nitrogen functional groups attached to an aromatic ring is 1. The third-order valence-electron chi connectivity index (χ3n) is 3.03. The van der Waals surface area contributed by atoms with E-state index in [-0.39, 0.29) is 0 Å². The Balaban J connectivity index is 2.25. The fraction of sp³-hybridized carbons (Fsp3) is 0.200. The van der Waals surface area contributed by atoms with E-state index in [1.54, 1.807) is 11.8 Å². The van der Waals surface area contributed by atoms with Crippen LogP contribution >= 0.6 is 11.8 Å². The fourth-order valence-corrected chi connectivity index (χ4v) is 2.18. The van der Waals surface area contributed by atoms with Gasteiger partial charge in [0, 0.05) is 10.6 Å². The van der Waals surface area contributed by atoms with Crippen molar-refractivity contribution in [3.05, 3.63) is 47.5 Å². The van der Waals surface area contributed by atoms with Crippen molar-refractivity contribution in [2.45, 2.75) is 18.7 Å². The van der Waals surface area contributed by atoms with E-state index in [9.17, 15) is 0 Å². The standard InChI is InChI=1S/C15H18N2S/c1-10-8-14(16)15(9-11(10)2)17-12-4-6-13(18-3)7-5-12/h4-9,17H,16H2,1-3H3. The van der Waals surface area contributed by atoms with Gasteiger partial charge in [0.05, 0.1) is 11.4 Å². The maximum absolute atomic E-state index is 6.03. The first-order valence-corrected chi connectivity index (χ1v) is 7.10. The van der Waals surface area contributed by atoms with Crippen molar-refractivity contribution < 1.29 is 0 Å². The number of thioether (sulfide) groups is 1. The second kappa shape index (κ2) is 5.36. The molecule has 2 aromatic carbocycles. The number of aryl methyl sites for hydroxylation is 2. The average molecular weight is 258 g/mol. The predicted octanol–water partition coefficient (Wildman–Crippen LogP) is 4.35. The third-order valence-corrected chi connectivity index (χ3v) is 3.78. The van der Waals surface area contributed by atoms with Crippen LogP contribution < -0.4 is 11.1 Å². The van der Waals surface area contributed by atoms with E-state index in [1.807, 2.05) is 6.07 Å². The van der Waals surface area contributed by atoms with Crippen LogP contribution in [0.1, 0.15) is 11.1 Å². The summed E-state index contributed by atoms with van der Waals surface area (Å²) in [5.41, 5.74) is 11.3. The quantitative estimate of drug-likeness (QED) is 0.635. The van der Waals surface area contributed by atoms with Gasteiger partial charge in [-0.25, -0.2) is 0 Å². The third kappa shape index (κ3) is 2.79. The monoisotopic (exact) mass is 258 g/mol. The van der Waals surface area contributed by atoms with Crippen molar-refractivity contribution in [2.75, 3.05) is 17.3 Å². The summed E-state index contributed by atoms with van der Waals surface area (Å²) in [7, 11) is 0. The normalized spacial score (nSPS) is 10.4. The maximum Gasteiger partial charge on any atom is 0.0620 e. The summed E-state index contributed by atoms with van der Waals surface area (Å²) in [5.74, 6) is 0. The molecule has 0 aliphatic rings. The summed E-state index contributed by atoms with van der Waals surface area (Å²) in [6, 6.07) is 12.4. The molecule has 0 unspecified atom stereocenters. The average Bonchev–Trinajstić information content (AvgIpc) is 2.37. The molecule has 0 atom stereocenters. The van der Waals surface area contributed by atoms with Crippen LogP contribution in [0.3, 0.4) is 0 Å². The number of anilines is 3. The summed E-state index contributed by atoms with van der Waals surface area (Å²) in [5, 5.41) is 3.36. The van der Waals surface area contributed by atoms with Crippen LogP contribution in [0.25, 0.3) is 0 Å². The summed E-state index contributed by atoms with van der Waals surface area (Å²) < 4.78 is 0. The van der Waals surface area contributed by atoms with Gasteiger partial charge in [0.25, 0.3) is 0 Å². The Kier molecular flexibility index (Phi) is 3.82. The van der Waals surface area contributed by atoms with Gasteiger partial charge >= 0.3 is 0 Å². The number of rotatable bonds is 3. The fourth-order valence-electron chi connectivity index (χ4n) is 1.78. The van der Waals surface area contributed by atoms with Crippen LogP contribution in [-0.2, 0) is 0 Å². The van der Waals surface area contributed by atoms with Gasteiger partial charge in [-0.2, -0.15) is 0 Å². The molecule has 0 amide bonds. The van der Waals surface area contributed by atoms with Gasteiger partial charge in [0.2, 0.25) is 0 Å². The zero-order chi connectivity index (χ0) is 13.1. The van der Waals surface area contributed by atoms with Crippen molar-refractivity contribution in [3.63, 3.8) is 0 Å².